The summed E-state index contributed by atoms with van der Waals surface area (Å²) in [6, 6.07) is 16.5. The Morgan fingerprint density at radius 1 is 0.944 bits per heavy atom. The Hall–Kier alpha value is -4.40. The lowest BCUT2D eigenvalue weighted by molar-refractivity contribution is -0.0217. The van der Waals surface area contributed by atoms with Crippen LogP contribution >= 0.6 is 0 Å². The van der Waals surface area contributed by atoms with Crippen LogP contribution in [0.25, 0.3) is 0 Å². The number of hydrazone groups is 1. The Kier molecular flexibility index (Phi) is 6.05. The fourth-order valence-corrected chi connectivity index (χ4v) is 4.80. The second-order valence-electron chi connectivity index (χ2n) is 8.30. The molecular formula is C27H26N2O7. The van der Waals surface area contributed by atoms with Crippen LogP contribution in [0.1, 0.15) is 45.7 Å². The van der Waals surface area contributed by atoms with Crippen LogP contribution in [0.3, 0.4) is 0 Å². The van der Waals surface area contributed by atoms with Gasteiger partial charge >= 0.3 is 5.97 Å². The van der Waals surface area contributed by atoms with E-state index in [9.17, 15) is 9.90 Å². The van der Waals surface area contributed by atoms with Crippen molar-refractivity contribution in [2.24, 2.45) is 5.10 Å². The molecule has 9 heteroatoms. The highest BCUT2D eigenvalue weighted by Gasteiger charge is 2.44. The van der Waals surface area contributed by atoms with Crippen LogP contribution < -0.4 is 23.7 Å². The Balaban J connectivity index is 1.69. The first-order chi connectivity index (χ1) is 17.5. The first kappa shape index (κ1) is 23.3. The number of carboxylic acids is 1. The second-order valence-corrected chi connectivity index (χ2v) is 8.30. The number of fused-ring (bicyclic) bond motifs is 3. The monoisotopic (exact) mass is 490 g/mol. The molecule has 0 aromatic heterocycles. The van der Waals surface area contributed by atoms with E-state index in [1.165, 1.54) is 14.2 Å². The van der Waals surface area contributed by atoms with Gasteiger partial charge in [0, 0.05) is 23.1 Å². The molecular weight excluding hydrogens is 464 g/mol. The molecule has 2 atom stereocenters. The molecule has 0 fully saturated rings. The van der Waals surface area contributed by atoms with Crippen LogP contribution in [0, 0.1) is 0 Å². The molecule has 0 bridgehead atoms. The molecule has 0 spiro atoms. The Bertz CT molecular complexity index is 1350. The van der Waals surface area contributed by atoms with Crippen molar-refractivity contribution in [1.82, 2.24) is 5.01 Å². The minimum Gasteiger partial charge on any atom is -0.497 e. The quantitative estimate of drug-likeness (QED) is 0.511. The minimum atomic E-state index is -1.16. The maximum Gasteiger partial charge on any atom is 0.340 e. The van der Waals surface area contributed by atoms with Gasteiger partial charge in [-0.3, -0.25) is 0 Å². The third kappa shape index (κ3) is 3.73. The molecule has 9 nitrogen and oxygen atoms in total. The van der Waals surface area contributed by atoms with Crippen LogP contribution in [0.15, 0.2) is 59.7 Å². The van der Waals surface area contributed by atoms with Gasteiger partial charge in [-0.25, -0.2) is 9.80 Å². The smallest absolute Gasteiger partial charge is 0.340 e. The van der Waals surface area contributed by atoms with Gasteiger partial charge < -0.3 is 28.8 Å². The number of methoxy groups -OCH3 is 4. The minimum absolute atomic E-state index is 0.0519. The van der Waals surface area contributed by atoms with Crippen molar-refractivity contribution in [3.8, 4) is 28.7 Å². The number of nitrogens with zero attached hydrogens (tertiary/aromatic N) is 2. The summed E-state index contributed by atoms with van der Waals surface area (Å²) in [4.78, 5) is 12.4. The first-order valence-electron chi connectivity index (χ1n) is 11.3. The van der Waals surface area contributed by atoms with Crippen molar-refractivity contribution in [3.05, 3.63) is 76.9 Å². The Morgan fingerprint density at radius 3 is 2.42 bits per heavy atom. The molecule has 0 saturated heterocycles. The van der Waals surface area contributed by atoms with E-state index in [1.807, 2.05) is 47.5 Å². The number of rotatable bonds is 7. The lowest BCUT2D eigenvalue weighted by Gasteiger charge is -2.39. The Morgan fingerprint density at radius 2 is 1.72 bits per heavy atom. The predicted octanol–water partition coefficient (Wildman–Crippen LogP) is 4.66. The maximum atomic E-state index is 12.4. The number of hydrogen-bond donors (Lipinski definition) is 1. The molecule has 2 aliphatic heterocycles. The number of carboxylic acid groups (broad SMARTS) is 1. The highest BCUT2D eigenvalue weighted by atomic mass is 16.5. The van der Waals surface area contributed by atoms with Crippen LogP contribution in [-0.4, -0.2) is 50.2 Å². The molecule has 0 amide bonds. The van der Waals surface area contributed by atoms with Gasteiger partial charge in [-0.05, 0) is 30.3 Å². The zero-order valence-electron chi connectivity index (χ0n) is 20.3. The zero-order valence-corrected chi connectivity index (χ0v) is 20.3. The Labute approximate surface area is 208 Å². The third-order valence-corrected chi connectivity index (χ3v) is 6.46. The van der Waals surface area contributed by atoms with E-state index in [0.29, 0.717) is 29.2 Å². The largest absolute Gasteiger partial charge is 0.497 e. The van der Waals surface area contributed by atoms with Crippen LogP contribution in [0.2, 0.25) is 0 Å². The van der Waals surface area contributed by atoms with Gasteiger partial charge in [-0.1, -0.05) is 24.3 Å². The van der Waals surface area contributed by atoms with E-state index in [1.54, 1.807) is 26.4 Å². The van der Waals surface area contributed by atoms with Crippen molar-refractivity contribution in [3.63, 3.8) is 0 Å². The van der Waals surface area contributed by atoms with Gasteiger partial charge in [0.05, 0.1) is 40.2 Å². The molecule has 3 aromatic rings. The summed E-state index contributed by atoms with van der Waals surface area (Å²) >= 11 is 0. The molecule has 5 rings (SSSR count). The van der Waals surface area contributed by atoms with E-state index >= 15 is 0 Å². The molecule has 2 aliphatic rings. The standard InChI is InChI=1S/C27H26N2O7/c1-32-16-8-5-7-15(13-16)19-14-20-17-9-6-10-21(33-2)24(17)36-26(29(20)28-19)18-11-12-22(34-3)25(35-4)23(18)27(30)31/h5-13,20,26H,14H2,1-4H3,(H,30,31)/t20-,26+/m1/s1. The lowest BCUT2D eigenvalue weighted by Crippen LogP contribution is -2.35. The predicted molar refractivity (Wildman–Crippen MR) is 132 cm³/mol. The average Bonchev–Trinajstić information content (AvgIpc) is 3.37. The number of ether oxygens (including phenoxy) is 5. The van der Waals surface area contributed by atoms with E-state index < -0.39 is 12.2 Å². The van der Waals surface area contributed by atoms with Crippen LogP contribution in [0.5, 0.6) is 28.7 Å². The van der Waals surface area contributed by atoms with Gasteiger partial charge in [0.2, 0.25) is 6.23 Å². The highest BCUT2D eigenvalue weighted by Crippen LogP contribution is 2.52. The molecule has 36 heavy (non-hydrogen) atoms. The molecule has 0 aliphatic carbocycles. The summed E-state index contributed by atoms with van der Waals surface area (Å²) in [7, 11) is 6.07. The van der Waals surface area contributed by atoms with Crippen LogP contribution in [-0.2, 0) is 0 Å². The van der Waals surface area contributed by atoms with E-state index in [2.05, 4.69) is 0 Å². The second kappa shape index (κ2) is 9.33. The van der Waals surface area contributed by atoms with Crippen molar-refractivity contribution in [2.75, 3.05) is 28.4 Å². The van der Waals surface area contributed by atoms with Gasteiger partial charge in [0.15, 0.2) is 23.0 Å². The summed E-state index contributed by atoms with van der Waals surface area (Å²) in [5.74, 6) is 1.10. The van der Waals surface area contributed by atoms with Gasteiger partial charge in [0.1, 0.15) is 11.3 Å². The fourth-order valence-electron chi connectivity index (χ4n) is 4.80. The molecule has 2 heterocycles. The molecule has 0 saturated carbocycles. The molecule has 186 valence electrons. The summed E-state index contributed by atoms with van der Waals surface area (Å²) in [6.45, 7) is 0. The summed E-state index contributed by atoms with van der Waals surface area (Å²) in [5, 5.41) is 16.9. The number of para-hydroxylation sites is 1. The highest BCUT2D eigenvalue weighted by molar-refractivity contribution is 6.02. The number of carbonyl (C=O) groups is 1. The van der Waals surface area contributed by atoms with Gasteiger partial charge in [0.25, 0.3) is 0 Å². The van der Waals surface area contributed by atoms with Gasteiger partial charge in [-0.15, -0.1) is 0 Å². The zero-order chi connectivity index (χ0) is 25.4. The SMILES string of the molecule is COc1cccc(C2=NN3[C@H](C2)c2cccc(OC)c2O[C@H]3c2ccc(OC)c(OC)c2C(=O)O)c1. The molecule has 0 radical (unpaired) electrons. The van der Waals surface area contributed by atoms with Crippen molar-refractivity contribution >= 4 is 11.7 Å². The van der Waals surface area contributed by atoms with Crippen molar-refractivity contribution < 1.29 is 33.6 Å². The van der Waals surface area contributed by atoms with E-state index in [-0.39, 0.29) is 17.4 Å². The summed E-state index contributed by atoms with van der Waals surface area (Å²) in [6.07, 6.45) is -0.268. The number of aromatic carboxylic acids is 1. The van der Waals surface area contributed by atoms with E-state index in [0.717, 1.165) is 22.6 Å². The third-order valence-electron chi connectivity index (χ3n) is 6.46. The van der Waals surface area contributed by atoms with Gasteiger partial charge in [-0.2, -0.15) is 5.10 Å². The topological polar surface area (TPSA) is 99.1 Å². The van der Waals surface area contributed by atoms with Crippen molar-refractivity contribution in [2.45, 2.75) is 18.7 Å². The normalized spacial score (nSPS) is 17.9. The first-order valence-corrected chi connectivity index (χ1v) is 11.3. The maximum absolute atomic E-state index is 12.4. The lowest BCUT2D eigenvalue weighted by atomic mass is 9.94. The summed E-state index contributed by atoms with van der Waals surface area (Å²) in [5.41, 5.74) is 2.99. The number of hydrogen-bond acceptors (Lipinski definition) is 8. The molecule has 3 aromatic carbocycles. The fraction of sp³-hybridized carbons (Fsp3) is 0.259. The van der Waals surface area contributed by atoms with Crippen molar-refractivity contribution in [1.29, 1.82) is 0 Å². The molecule has 1 N–H and O–H groups in total. The summed E-state index contributed by atoms with van der Waals surface area (Å²) < 4.78 is 28.2. The van der Waals surface area contributed by atoms with Crippen LogP contribution in [0.4, 0.5) is 0 Å². The average molecular weight is 491 g/mol. The van der Waals surface area contributed by atoms with E-state index in [4.69, 9.17) is 28.8 Å². The molecule has 0 unspecified atom stereocenters. The number of benzene rings is 3.